The van der Waals surface area contributed by atoms with Crippen molar-refractivity contribution in [3.63, 3.8) is 0 Å². The average molecular weight is 274 g/mol. The van der Waals surface area contributed by atoms with Crippen LogP contribution in [0, 0.1) is 0 Å². The standard InChI is InChI=1S/C15H18N2O3/c1-3-9-20-11-7-5-10(6-8-11)13-16-14(18)12(4-2)15(19)17-13/h5-8H,3-4,9H2,1-2H3,(H2,16,17,18,19). The van der Waals surface area contributed by atoms with E-state index in [9.17, 15) is 9.90 Å². The lowest BCUT2D eigenvalue weighted by molar-refractivity contribution is 0.317. The molecule has 0 bridgehead atoms. The predicted molar refractivity (Wildman–Crippen MR) is 77.1 cm³/mol. The molecule has 106 valence electrons. The third-order valence-corrected chi connectivity index (χ3v) is 2.95. The summed E-state index contributed by atoms with van der Waals surface area (Å²) >= 11 is 0. The molecule has 5 heteroatoms. The lowest BCUT2D eigenvalue weighted by Gasteiger charge is -2.07. The number of hydrogen-bond donors (Lipinski definition) is 2. The van der Waals surface area contributed by atoms with E-state index >= 15 is 0 Å². The Morgan fingerprint density at radius 2 is 1.95 bits per heavy atom. The fourth-order valence-electron chi connectivity index (χ4n) is 1.87. The number of aromatic nitrogens is 2. The van der Waals surface area contributed by atoms with Crippen LogP contribution in [0.3, 0.4) is 0 Å². The number of hydrogen-bond acceptors (Lipinski definition) is 4. The molecule has 0 aliphatic heterocycles. The third kappa shape index (κ3) is 2.99. The Labute approximate surface area is 117 Å². The van der Waals surface area contributed by atoms with Crippen LogP contribution in [0.1, 0.15) is 25.8 Å². The summed E-state index contributed by atoms with van der Waals surface area (Å²) in [5.41, 5.74) is 0.724. The topological polar surface area (TPSA) is 75.2 Å². The van der Waals surface area contributed by atoms with Crippen molar-refractivity contribution in [2.45, 2.75) is 26.7 Å². The van der Waals surface area contributed by atoms with Crippen molar-refractivity contribution in [3.8, 4) is 23.0 Å². The first kappa shape index (κ1) is 14.1. The second-order valence-electron chi connectivity index (χ2n) is 4.44. The van der Waals surface area contributed by atoms with Crippen LogP contribution in [0.5, 0.6) is 11.6 Å². The van der Waals surface area contributed by atoms with Crippen LogP contribution in [0.15, 0.2) is 29.1 Å². The SMILES string of the molecule is CCCOc1ccc(-c2nc(O)c(CC)c(=O)[nH]2)cc1. The molecule has 1 aromatic heterocycles. The summed E-state index contributed by atoms with van der Waals surface area (Å²) in [6.07, 6.45) is 1.39. The van der Waals surface area contributed by atoms with Gasteiger partial charge in [0.05, 0.1) is 12.2 Å². The number of aromatic hydroxyl groups is 1. The summed E-state index contributed by atoms with van der Waals surface area (Å²) in [6.45, 7) is 4.51. The van der Waals surface area contributed by atoms with Gasteiger partial charge in [-0.25, -0.2) is 0 Å². The van der Waals surface area contributed by atoms with Gasteiger partial charge in [-0.3, -0.25) is 4.79 Å². The van der Waals surface area contributed by atoms with E-state index in [1.807, 2.05) is 19.1 Å². The van der Waals surface area contributed by atoms with Crippen LogP contribution >= 0.6 is 0 Å². The Balaban J connectivity index is 2.30. The molecule has 0 fully saturated rings. The molecule has 5 nitrogen and oxygen atoms in total. The van der Waals surface area contributed by atoms with Crippen LogP contribution < -0.4 is 10.3 Å². The number of benzene rings is 1. The molecule has 1 aromatic carbocycles. The van der Waals surface area contributed by atoms with Crippen molar-refractivity contribution in [2.75, 3.05) is 6.61 Å². The predicted octanol–water partition coefficient (Wildman–Crippen LogP) is 2.49. The molecule has 2 aromatic rings. The van der Waals surface area contributed by atoms with Gasteiger partial charge in [0.25, 0.3) is 5.56 Å². The molecule has 2 N–H and O–H groups in total. The zero-order valence-corrected chi connectivity index (χ0v) is 11.6. The third-order valence-electron chi connectivity index (χ3n) is 2.95. The van der Waals surface area contributed by atoms with Crippen molar-refractivity contribution in [2.24, 2.45) is 0 Å². The van der Waals surface area contributed by atoms with Crippen molar-refractivity contribution in [1.29, 1.82) is 0 Å². The number of nitrogens with zero attached hydrogens (tertiary/aromatic N) is 1. The minimum atomic E-state index is -0.304. The Morgan fingerprint density at radius 1 is 1.25 bits per heavy atom. The minimum Gasteiger partial charge on any atom is -0.494 e. The van der Waals surface area contributed by atoms with Crippen LogP contribution in [0.4, 0.5) is 0 Å². The van der Waals surface area contributed by atoms with E-state index < -0.39 is 0 Å². The van der Waals surface area contributed by atoms with E-state index in [1.54, 1.807) is 19.1 Å². The highest BCUT2D eigenvalue weighted by Gasteiger charge is 2.10. The largest absolute Gasteiger partial charge is 0.494 e. The second-order valence-corrected chi connectivity index (χ2v) is 4.44. The van der Waals surface area contributed by atoms with E-state index in [0.29, 0.717) is 24.4 Å². The van der Waals surface area contributed by atoms with Crippen molar-refractivity contribution in [1.82, 2.24) is 9.97 Å². The normalized spacial score (nSPS) is 10.5. The number of rotatable bonds is 5. The number of H-pyrrole nitrogens is 1. The van der Waals surface area contributed by atoms with E-state index in [-0.39, 0.29) is 11.4 Å². The molecular formula is C15H18N2O3. The van der Waals surface area contributed by atoms with Gasteiger partial charge < -0.3 is 14.8 Å². The lowest BCUT2D eigenvalue weighted by Crippen LogP contribution is -2.14. The zero-order chi connectivity index (χ0) is 14.5. The molecule has 0 aliphatic carbocycles. The molecule has 0 aliphatic rings. The Morgan fingerprint density at radius 3 is 2.50 bits per heavy atom. The first-order valence-corrected chi connectivity index (χ1v) is 6.71. The van der Waals surface area contributed by atoms with Crippen LogP contribution in [0.25, 0.3) is 11.4 Å². The van der Waals surface area contributed by atoms with Gasteiger partial charge >= 0.3 is 0 Å². The zero-order valence-electron chi connectivity index (χ0n) is 11.6. The summed E-state index contributed by atoms with van der Waals surface area (Å²) in [5.74, 6) is 0.914. The molecular weight excluding hydrogens is 256 g/mol. The molecule has 0 amide bonds. The van der Waals surface area contributed by atoms with E-state index in [1.165, 1.54) is 0 Å². The average Bonchev–Trinajstić information content (AvgIpc) is 2.45. The summed E-state index contributed by atoms with van der Waals surface area (Å²) < 4.78 is 5.49. The number of aromatic amines is 1. The Kier molecular flexibility index (Phi) is 4.40. The summed E-state index contributed by atoms with van der Waals surface area (Å²) in [5, 5.41) is 9.75. The van der Waals surface area contributed by atoms with Crippen LogP contribution in [-0.4, -0.2) is 21.7 Å². The van der Waals surface area contributed by atoms with Crippen LogP contribution in [-0.2, 0) is 6.42 Å². The first-order chi connectivity index (χ1) is 9.65. The van der Waals surface area contributed by atoms with E-state index in [0.717, 1.165) is 17.7 Å². The Hall–Kier alpha value is -2.30. The highest BCUT2D eigenvalue weighted by molar-refractivity contribution is 5.56. The van der Waals surface area contributed by atoms with Gasteiger partial charge in [-0.15, -0.1) is 0 Å². The number of ether oxygens (including phenoxy) is 1. The molecule has 0 saturated heterocycles. The molecule has 0 unspecified atom stereocenters. The van der Waals surface area contributed by atoms with Crippen LogP contribution in [0.2, 0.25) is 0 Å². The van der Waals surface area contributed by atoms with Gasteiger partial charge in [0.1, 0.15) is 11.6 Å². The van der Waals surface area contributed by atoms with E-state index in [2.05, 4.69) is 9.97 Å². The maximum Gasteiger partial charge on any atom is 0.258 e. The second kappa shape index (κ2) is 6.23. The minimum absolute atomic E-state index is 0.211. The maximum atomic E-state index is 11.8. The first-order valence-electron chi connectivity index (χ1n) is 6.71. The highest BCUT2D eigenvalue weighted by atomic mass is 16.5. The van der Waals surface area contributed by atoms with Gasteiger partial charge in [-0.1, -0.05) is 13.8 Å². The van der Waals surface area contributed by atoms with Crippen molar-refractivity contribution >= 4 is 0 Å². The molecule has 0 atom stereocenters. The summed E-state index contributed by atoms with van der Waals surface area (Å²) in [4.78, 5) is 18.5. The summed E-state index contributed by atoms with van der Waals surface area (Å²) in [7, 11) is 0. The quantitative estimate of drug-likeness (QED) is 0.878. The fourth-order valence-corrected chi connectivity index (χ4v) is 1.87. The van der Waals surface area contributed by atoms with Gasteiger partial charge in [0.15, 0.2) is 0 Å². The lowest BCUT2D eigenvalue weighted by atomic mass is 10.2. The molecule has 0 radical (unpaired) electrons. The maximum absolute atomic E-state index is 11.8. The van der Waals surface area contributed by atoms with Gasteiger partial charge in [0, 0.05) is 5.56 Å². The molecule has 0 spiro atoms. The molecule has 2 rings (SSSR count). The van der Waals surface area contributed by atoms with Crippen molar-refractivity contribution < 1.29 is 9.84 Å². The van der Waals surface area contributed by atoms with Crippen molar-refractivity contribution in [3.05, 3.63) is 40.2 Å². The van der Waals surface area contributed by atoms with E-state index in [4.69, 9.17) is 4.74 Å². The monoisotopic (exact) mass is 274 g/mol. The Bertz CT molecular complexity index is 633. The highest BCUT2D eigenvalue weighted by Crippen LogP contribution is 2.21. The molecule has 20 heavy (non-hydrogen) atoms. The molecule has 0 saturated carbocycles. The van der Waals surface area contributed by atoms with Gasteiger partial charge in [-0.05, 0) is 37.1 Å². The smallest absolute Gasteiger partial charge is 0.258 e. The van der Waals surface area contributed by atoms with Gasteiger partial charge in [-0.2, -0.15) is 4.98 Å². The molecule has 1 heterocycles. The fraction of sp³-hybridized carbons (Fsp3) is 0.333. The number of nitrogens with one attached hydrogen (secondary N) is 1. The summed E-state index contributed by atoms with van der Waals surface area (Å²) in [6, 6.07) is 7.23. The van der Waals surface area contributed by atoms with Gasteiger partial charge in [0.2, 0.25) is 5.88 Å².